The SMILES string of the molecule is O=C(O)c1cc(-c2cc3c(Br)cccc3[nH]2)n[nH]1. The molecule has 0 unspecified atom stereocenters. The van der Waals surface area contributed by atoms with Crippen molar-refractivity contribution in [3.8, 4) is 11.4 Å². The number of carbonyl (C=O) groups is 1. The Morgan fingerprint density at radius 3 is 2.83 bits per heavy atom. The van der Waals surface area contributed by atoms with E-state index in [1.807, 2.05) is 24.3 Å². The Morgan fingerprint density at radius 1 is 1.33 bits per heavy atom. The number of aromatic carboxylic acids is 1. The predicted octanol–water partition coefficient (Wildman–Crippen LogP) is 3.02. The van der Waals surface area contributed by atoms with Crippen molar-refractivity contribution in [2.75, 3.05) is 0 Å². The van der Waals surface area contributed by atoms with E-state index in [-0.39, 0.29) is 5.69 Å². The summed E-state index contributed by atoms with van der Waals surface area (Å²) in [5.41, 5.74) is 2.40. The van der Waals surface area contributed by atoms with Crippen molar-refractivity contribution in [1.82, 2.24) is 15.2 Å². The molecule has 0 aliphatic heterocycles. The fourth-order valence-electron chi connectivity index (χ4n) is 1.83. The molecule has 0 aliphatic carbocycles. The number of hydrogen-bond acceptors (Lipinski definition) is 2. The number of nitrogens with one attached hydrogen (secondary N) is 2. The zero-order chi connectivity index (χ0) is 12.7. The van der Waals surface area contributed by atoms with Crippen molar-refractivity contribution in [1.29, 1.82) is 0 Å². The third-order valence-electron chi connectivity index (χ3n) is 2.70. The highest BCUT2D eigenvalue weighted by Gasteiger charge is 2.11. The predicted molar refractivity (Wildman–Crippen MR) is 70.5 cm³/mol. The van der Waals surface area contributed by atoms with E-state index in [0.29, 0.717) is 5.69 Å². The molecule has 3 N–H and O–H groups in total. The van der Waals surface area contributed by atoms with Gasteiger partial charge in [0.15, 0.2) is 0 Å². The average Bonchev–Trinajstić information content (AvgIpc) is 2.95. The molecule has 0 spiro atoms. The molecule has 3 aromatic rings. The largest absolute Gasteiger partial charge is 0.477 e. The second-order valence-corrected chi connectivity index (χ2v) is 4.71. The summed E-state index contributed by atoms with van der Waals surface area (Å²) in [6.07, 6.45) is 0. The van der Waals surface area contributed by atoms with E-state index in [2.05, 4.69) is 31.1 Å². The van der Waals surface area contributed by atoms with Crippen LogP contribution >= 0.6 is 15.9 Å². The Kier molecular flexibility index (Phi) is 2.45. The zero-order valence-corrected chi connectivity index (χ0v) is 10.7. The molecule has 1 aromatic carbocycles. The smallest absolute Gasteiger partial charge is 0.353 e. The minimum atomic E-state index is -1.02. The first-order chi connectivity index (χ1) is 8.65. The number of nitrogens with zero attached hydrogens (tertiary/aromatic N) is 1. The lowest BCUT2D eigenvalue weighted by atomic mass is 10.2. The van der Waals surface area contributed by atoms with Crippen LogP contribution in [0.5, 0.6) is 0 Å². The van der Waals surface area contributed by atoms with Crippen molar-refractivity contribution in [3.63, 3.8) is 0 Å². The highest BCUT2D eigenvalue weighted by molar-refractivity contribution is 9.10. The Morgan fingerprint density at radius 2 is 2.17 bits per heavy atom. The molecular weight excluding hydrogens is 298 g/mol. The maximum Gasteiger partial charge on any atom is 0.353 e. The number of aromatic nitrogens is 3. The maximum atomic E-state index is 10.8. The van der Waals surface area contributed by atoms with Gasteiger partial charge in [0.05, 0.1) is 5.69 Å². The average molecular weight is 306 g/mol. The van der Waals surface area contributed by atoms with Crippen LogP contribution in [0.4, 0.5) is 0 Å². The summed E-state index contributed by atoms with van der Waals surface area (Å²) in [5, 5.41) is 16.3. The molecule has 5 nitrogen and oxygen atoms in total. The molecule has 3 rings (SSSR count). The minimum absolute atomic E-state index is 0.0720. The number of carboxylic acids is 1. The van der Waals surface area contributed by atoms with Crippen LogP contribution in [-0.4, -0.2) is 26.3 Å². The molecule has 90 valence electrons. The fourth-order valence-corrected chi connectivity index (χ4v) is 2.31. The molecule has 0 saturated carbocycles. The third-order valence-corrected chi connectivity index (χ3v) is 3.39. The number of rotatable bonds is 2. The normalized spacial score (nSPS) is 10.9. The highest BCUT2D eigenvalue weighted by atomic mass is 79.9. The first-order valence-electron chi connectivity index (χ1n) is 5.21. The van der Waals surface area contributed by atoms with Crippen LogP contribution in [0.3, 0.4) is 0 Å². The lowest BCUT2D eigenvalue weighted by molar-refractivity contribution is 0.0690. The van der Waals surface area contributed by atoms with Gasteiger partial charge in [-0.05, 0) is 18.2 Å². The summed E-state index contributed by atoms with van der Waals surface area (Å²) in [7, 11) is 0. The lowest BCUT2D eigenvalue weighted by Gasteiger charge is -1.90. The fraction of sp³-hybridized carbons (Fsp3) is 0. The zero-order valence-electron chi connectivity index (χ0n) is 9.07. The summed E-state index contributed by atoms with van der Waals surface area (Å²) in [4.78, 5) is 14.0. The van der Waals surface area contributed by atoms with E-state index in [4.69, 9.17) is 5.11 Å². The van der Waals surface area contributed by atoms with Crippen LogP contribution in [0.2, 0.25) is 0 Å². The topological polar surface area (TPSA) is 81.8 Å². The van der Waals surface area contributed by atoms with Crippen molar-refractivity contribution < 1.29 is 9.90 Å². The molecule has 0 saturated heterocycles. The van der Waals surface area contributed by atoms with Crippen LogP contribution in [-0.2, 0) is 0 Å². The van der Waals surface area contributed by atoms with Crippen molar-refractivity contribution in [2.24, 2.45) is 0 Å². The number of H-pyrrole nitrogens is 2. The number of halogens is 1. The van der Waals surface area contributed by atoms with Crippen LogP contribution in [0.25, 0.3) is 22.3 Å². The second kappa shape index (κ2) is 3.99. The van der Waals surface area contributed by atoms with Crippen LogP contribution < -0.4 is 0 Å². The van der Waals surface area contributed by atoms with Gasteiger partial charge in [0.25, 0.3) is 0 Å². The Hall–Kier alpha value is -2.08. The molecule has 0 atom stereocenters. The van der Waals surface area contributed by atoms with E-state index < -0.39 is 5.97 Å². The number of hydrogen-bond donors (Lipinski definition) is 3. The first kappa shape index (κ1) is 11.0. The van der Waals surface area contributed by atoms with Gasteiger partial charge in [-0.2, -0.15) is 5.10 Å². The summed E-state index contributed by atoms with van der Waals surface area (Å²) in [6, 6.07) is 9.27. The number of aromatic amines is 2. The lowest BCUT2D eigenvalue weighted by Crippen LogP contribution is -1.95. The van der Waals surface area contributed by atoms with E-state index in [1.54, 1.807) is 0 Å². The van der Waals surface area contributed by atoms with Gasteiger partial charge in [-0.3, -0.25) is 5.10 Å². The number of benzene rings is 1. The maximum absolute atomic E-state index is 10.8. The summed E-state index contributed by atoms with van der Waals surface area (Å²) >= 11 is 3.47. The van der Waals surface area contributed by atoms with Crippen molar-refractivity contribution >= 4 is 32.8 Å². The van der Waals surface area contributed by atoms with Gasteiger partial charge >= 0.3 is 5.97 Å². The summed E-state index contributed by atoms with van der Waals surface area (Å²) < 4.78 is 0.983. The molecule has 18 heavy (non-hydrogen) atoms. The Bertz CT molecular complexity index is 745. The monoisotopic (exact) mass is 305 g/mol. The first-order valence-corrected chi connectivity index (χ1v) is 6.01. The molecule has 0 radical (unpaired) electrons. The molecule has 0 aliphatic rings. The van der Waals surface area contributed by atoms with Gasteiger partial charge in [-0.25, -0.2) is 4.79 Å². The number of carboxylic acid groups (broad SMARTS) is 1. The minimum Gasteiger partial charge on any atom is -0.477 e. The molecule has 0 amide bonds. The molecular formula is C12H8BrN3O2. The van der Waals surface area contributed by atoms with E-state index in [1.165, 1.54) is 6.07 Å². The quantitative estimate of drug-likeness (QED) is 0.680. The Labute approximate surface area is 110 Å². The van der Waals surface area contributed by atoms with E-state index in [9.17, 15) is 4.79 Å². The van der Waals surface area contributed by atoms with Crippen molar-refractivity contribution in [2.45, 2.75) is 0 Å². The van der Waals surface area contributed by atoms with Crippen LogP contribution in [0, 0.1) is 0 Å². The molecule has 0 fully saturated rings. The molecule has 0 bridgehead atoms. The highest BCUT2D eigenvalue weighted by Crippen LogP contribution is 2.28. The van der Waals surface area contributed by atoms with Crippen molar-refractivity contribution in [3.05, 3.63) is 40.5 Å². The van der Waals surface area contributed by atoms with Crippen LogP contribution in [0.1, 0.15) is 10.5 Å². The van der Waals surface area contributed by atoms with E-state index in [0.717, 1.165) is 21.1 Å². The molecule has 6 heteroatoms. The third kappa shape index (κ3) is 1.70. The molecule has 2 heterocycles. The Balaban J connectivity index is 2.13. The standard InChI is InChI=1S/C12H8BrN3O2/c13-7-2-1-3-8-6(7)4-9(14-8)10-5-11(12(17)18)16-15-10/h1-5,14H,(H,15,16)(H,17,18). The number of fused-ring (bicyclic) bond motifs is 1. The summed E-state index contributed by atoms with van der Waals surface area (Å²) in [6.45, 7) is 0. The van der Waals surface area contributed by atoms with E-state index >= 15 is 0 Å². The van der Waals surface area contributed by atoms with Gasteiger partial charge in [0.2, 0.25) is 0 Å². The molecule has 2 aromatic heterocycles. The van der Waals surface area contributed by atoms with Gasteiger partial charge in [0, 0.05) is 21.4 Å². The summed E-state index contributed by atoms with van der Waals surface area (Å²) in [5.74, 6) is -1.02. The van der Waals surface area contributed by atoms with Crippen LogP contribution in [0.15, 0.2) is 34.8 Å². The second-order valence-electron chi connectivity index (χ2n) is 3.86. The van der Waals surface area contributed by atoms with Gasteiger partial charge in [0.1, 0.15) is 11.4 Å². The van der Waals surface area contributed by atoms with Gasteiger partial charge in [-0.1, -0.05) is 22.0 Å². The van der Waals surface area contributed by atoms with Gasteiger partial charge in [-0.15, -0.1) is 0 Å². The van der Waals surface area contributed by atoms with Gasteiger partial charge < -0.3 is 10.1 Å².